The van der Waals surface area contributed by atoms with Gasteiger partial charge in [0.1, 0.15) is 0 Å². The standard InChI is InChI=1S/C11H23N2O6P/c1-5-6-11(14)18-8-7-10(12-13(2,3)4)9-19-20(15,16)17/h5-6,10,12H,7-9H2,1-4H3,(H-,15,16,17)/p+1. The number of quaternary nitrogens is 1. The van der Waals surface area contributed by atoms with Crippen molar-refractivity contribution in [2.75, 3.05) is 34.4 Å². The van der Waals surface area contributed by atoms with Crippen molar-refractivity contribution >= 4 is 13.8 Å². The number of phosphoric acid groups is 1. The lowest BCUT2D eigenvalue weighted by atomic mass is 10.2. The summed E-state index contributed by atoms with van der Waals surface area (Å²) in [6.07, 6.45) is 3.24. The Morgan fingerprint density at radius 3 is 2.45 bits per heavy atom. The molecule has 0 aromatic rings. The van der Waals surface area contributed by atoms with E-state index in [9.17, 15) is 9.36 Å². The topological polar surface area (TPSA) is 105 Å². The number of esters is 1. The van der Waals surface area contributed by atoms with Crippen LogP contribution in [0.15, 0.2) is 12.2 Å². The summed E-state index contributed by atoms with van der Waals surface area (Å²) in [6, 6.07) is -0.360. The van der Waals surface area contributed by atoms with E-state index < -0.39 is 13.8 Å². The van der Waals surface area contributed by atoms with Gasteiger partial charge >= 0.3 is 13.8 Å². The number of rotatable bonds is 9. The number of nitrogens with zero attached hydrogens (tertiary/aromatic N) is 1. The van der Waals surface area contributed by atoms with E-state index in [0.717, 1.165) is 0 Å². The molecule has 0 aliphatic carbocycles. The summed E-state index contributed by atoms with van der Waals surface area (Å²) in [5.41, 5.74) is 3.09. The number of ether oxygens (including phenoxy) is 1. The zero-order chi connectivity index (χ0) is 15.8. The summed E-state index contributed by atoms with van der Waals surface area (Å²) in [5, 5.41) is 0. The SMILES string of the molecule is CC=CC(=O)OCCC(COP(=O)(O)O)N[N+](C)(C)C. The zero-order valence-electron chi connectivity index (χ0n) is 12.3. The molecule has 0 aliphatic heterocycles. The van der Waals surface area contributed by atoms with Crippen molar-refractivity contribution in [3.05, 3.63) is 12.2 Å². The lowest BCUT2D eigenvalue weighted by Gasteiger charge is -2.29. The van der Waals surface area contributed by atoms with Gasteiger partial charge in [0.25, 0.3) is 0 Å². The van der Waals surface area contributed by atoms with Crippen LogP contribution in [-0.2, 0) is 18.6 Å². The van der Waals surface area contributed by atoms with Crippen molar-refractivity contribution in [3.63, 3.8) is 0 Å². The van der Waals surface area contributed by atoms with E-state index in [1.165, 1.54) is 6.08 Å². The average Bonchev–Trinajstić information content (AvgIpc) is 2.23. The van der Waals surface area contributed by atoms with Gasteiger partial charge in [0, 0.05) is 12.5 Å². The van der Waals surface area contributed by atoms with Gasteiger partial charge in [0.05, 0.1) is 40.4 Å². The van der Waals surface area contributed by atoms with Crippen LogP contribution >= 0.6 is 7.82 Å². The monoisotopic (exact) mass is 311 g/mol. The normalized spacial score (nSPS) is 14.5. The second-order valence-corrected chi connectivity index (χ2v) is 6.32. The molecule has 1 unspecified atom stereocenters. The maximum absolute atomic E-state index is 11.1. The van der Waals surface area contributed by atoms with Gasteiger partial charge in [0.2, 0.25) is 0 Å². The summed E-state index contributed by atoms with van der Waals surface area (Å²) < 4.78 is 20.5. The lowest BCUT2D eigenvalue weighted by Crippen LogP contribution is -2.54. The van der Waals surface area contributed by atoms with Crippen LogP contribution in [0, 0.1) is 0 Å². The molecule has 0 heterocycles. The second-order valence-electron chi connectivity index (χ2n) is 5.08. The molecular formula is C11H24N2O6P+. The van der Waals surface area contributed by atoms with E-state index in [1.807, 2.05) is 21.1 Å². The number of allylic oxidation sites excluding steroid dienone is 1. The molecule has 0 rings (SSSR count). The third kappa shape index (κ3) is 12.3. The van der Waals surface area contributed by atoms with Crippen LogP contribution in [-0.4, -0.2) is 60.7 Å². The Morgan fingerprint density at radius 1 is 1.40 bits per heavy atom. The molecule has 0 aromatic carbocycles. The highest BCUT2D eigenvalue weighted by Gasteiger charge is 2.22. The first-order valence-corrected chi connectivity index (χ1v) is 7.65. The Balaban J connectivity index is 4.31. The van der Waals surface area contributed by atoms with Crippen molar-refractivity contribution in [1.29, 1.82) is 0 Å². The van der Waals surface area contributed by atoms with E-state index in [2.05, 4.69) is 9.95 Å². The van der Waals surface area contributed by atoms with Crippen molar-refractivity contribution in [3.8, 4) is 0 Å². The highest BCUT2D eigenvalue weighted by atomic mass is 31.2. The van der Waals surface area contributed by atoms with Crippen molar-refractivity contribution < 1.29 is 33.0 Å². The summed E-state index contributed by atoms with van der Waals surface area (Å²) in [4.78, 5) is 28.6. The first kappa shape index (κ1) is 19.2. The average molecular weight is 311 g/mol. The van der Waals surface area contributed by atoms with E-state index in [4.69, 9.17) is 14.5 Å². The molecule has 118 valence electrons. The molecule has 0 saturated carbocycles. The molecule has 20 heavy (non-hydrogen) atoms. The van der Waals surface area contributed by atoms with Crippen LogP contribution < -0.4 is 5.43 Å². The third-order valence-corrected chi connectivity index (χ3v) is 2.51. The van der Waals surface area contributed by atoms with Gasteiger partial charge in [0.15, 0.2) is 0 Å². The molecule has 0 radical (unpaired) electrons. The fraction of sp³-hybridized carbons (Fsp3) is 0.727. The molecule has 0 aromatic heterocycles. The molecule has 0 amide bonds. The summed E-state index contributed by atoms with van der Waals surface area (Å²) in [6.45, 7) is 1.66. The van der Waals surface area contributed by atoms with Crippen molar-refractivity contribution in [2.45, 2.75) is 19.4 Å². The third-order valence-electron chi connectivity index (χ3n) is 2.03. The first-order chi connectivity index (χ1) is 9.03. The quantitative estimate of drug-likeness (QED) is 0.183. The molecule has 0 bridgehead atoms. The Hall–Kier alpha value is -0.760. The number of nitrogens with one attached hydrogen (secondary N) is 1. The van der Waals surface area contributed by atoms with Gasteiger partial charge in [-0.2, -0.15) is 5.43 Å². The van der Waals surface area contributed by atoms with E-state index in [-0.39, 0.29) is 19.3 Å². The molecule has 0 saturated heterocycles. The minimum absolute atomic E-state index is 0.130. The van der Waals surface area contributed by atoms with Crippen LogP contribution in [0.5, 0.6) is 0 Å². The maximum Gasteiger partial charge on any atom is 0.469 e. The maximum atomic E-state index is 11.1. The van der Waals surface area contributed by atoms with E-state index in [1.54, 1.807) is 13.0 Å². The van der Waals surface area contributed by atoms with Crippen LogP contribution in [0.3, 0.4) is 0 Å². The number of phosphoric ester groups is 1. The molecule has 0 fully saturated rings. The van der Waals surface area contributed by atoms with Crippen LogP contribution in [0.25, 0.3) is 0 Å². The molecule has 0 aliphatic rings. The van der Waals surface area contributed by atoms with Crippen LogP contribution in [0.2, 0.25) is 0 Å². The van der Waals surface area contributed by atoms with E-state index in [0.29, 0.717) is 11.0 Å². The van der Waals surface area contributed by atoms with Crippen LogP contribution in [0.4, 0.5) is 0 Å². The van der Waals surface area contributed by atoms with Crippen molar-refractivity contribution in [2.24, 2.45) is 0 Å². The number of carbonyl (C=O) groups is 1. The lowest BCUT2D eigenvalue weighted by molar-refractivity contribution is -0.918. The fourth-order valence-corrected chi connectivity index (χ4v) is 1.78. The van der Waals surface area contributed by atoms with Gasteiger partial charge in [-0.1, -0.05) is 6.08 Å². The minimum Gasteiger partial charge on any atom is -0.462 e. The van der Waals surface area contributed by atoms with Gasteiger partial charge in [-0.05, 0) is 6.92 Å². The summed E-state index contributed by atoms with van der Waals surface area (Å²) in [5.74, 6) is -0.451. The Labute approximate surface area is 119 Å². The van der Waals surface area contributed by atoms with Gasteiger partial charge in [-0.3, -0.25) is 9.12 Å². The summed E-state index contributed by atoms with van der Waals surface area (Å²) in [7, 11) is 1.06. The number of hydrogen-bond donors (Lipinski definition) is 3. The van der Waals surface area contributed by atoms with E-state index >= 15 is 0 Å². The minimum atomic E-state index is -4.51. The van der Waals surface area contributed by atoms with Gasteiger partial charge in [-0.15, -0.1) is 0 Å². The predicted octanol–water partition coefficient (Wildman–Crippen LogP) is 0.184. The smallest absolute Gasteiger partial charge is 0.462 e. The molecule has 3 N–H and O–H groups in total. The van der Waals surface area contributed by atoms with Crippen LogP contribution in [0.1, 0.15) is 13.3 Å². The zero-order valence-corrected chi connectivity index (χ0v) is 13.2. The Kier molecular flexibility index (Phi) is 8.19. The molecule has 0 spiro atoms. The summed E-state index contributed by atoms with van der Waals surface area (Å²) >= 11 is 0. The molecule has 9 heteroatoms. The van der Waals surface area contributed by atoms with Crippen molar-refractivity contribution in [1.82, 2.24) is 5.43 Å². The van der Waals surface area contributed by atoms with Gasteiger partial charge < -0.3 is 14.5 Å². The fourth-order valence-electron chi connectivity index (χ4n) is 1.41. The second kappa shape index (κ2) is 8.51. The largest absolute Gasteiger partial charge is 0.469 e. The highest BCUT2D eigenvalue weighted by Crippen LogP contribution is 2.35. The number of carbonyl (C=O) groups excluding carboxylic acids is 1. The first-order valence-electron chi connectivity index (χ1n) is 6.12. The number of hydrogen-bond acceptors (Lipinski definition) is 5. The predicted molar refractivity (Wildman–Crippen MR) is 73.3 cm³/mol. The molecular weight excluding hydrogens is 287 g/mol. The molecule has 8 nitrogen and oxygen atoms in total. The Morgan fingerprint density at radius 2 is 2.00 bits per heavy atom. The Bertz CT molecular complexity index is 374. The van der Waals surface area contributed by atoms with Gasteiger partial charge in [-0.25, -0.2) is 9.36 Å². The highest BCUT2D eigenvalue weighted by molar-refractivity contribution is 7.46. The molecule has 1 atom stereocenters.